The largest absolute Gasteiger partial charge is 0.361 e. The molecule has 2 N–H and O–H groups in total. The standard InChI is InChI=1S/C23H29N3O/c1-15-12-18(16-2-3-16)13-19-20(14-24-21(15)19)22(17-4-5-17)26-10-7-23(8-11-26)6-9-25-27-23/h6,9,12-14,16-17,22,24-25H,2-5,7-8,10-11H2,1H3. The number of likely N-dealkylation sites (tertiary alicyclic amines) is 1. The number of hydrogen-bond donors (Lipinski definition) is 2. The number of aryl methyl sites for hydroxylation is 1. The second kappa shape index (κ2) is 5.86. The van der Waals surface area contributed by atoms with Crippen molar-refractivity contribution >= 4 is 10.9 Å². The monoisotopic (exact) mass is 363 g/mol. The van der Waals surface area contributed by atoms with Crippen molar-refractivity contribution in [3.05, 3.63) is 47.3 Å². The smallest absolute Gasteiger partial charge is 0.118 e. The van der Waals surface area contributed by atoms with E-state index < -0.39 is 0 Å². The van der Waals surface area contributed by atoms with E-state index in [9.17, 15) is 0 Å². The van der Waals surface area contributed by atoms with E-state index in [0.717, 1.165) is 37.8 Å². The molecule has 1 saturated heterocycles. The molecule has 2 aliphatic carbocycles. The molecule has 0 amide bonds. The molecule has 1 unspecified atom stereocenters. The molecular formula is C23H29N3O. The van der Waals surface area contributed by atoms with Gasteiger partial charge < -0.3 is 4.98 Å². The van der Waals surface area contributed by atoms with Gasteiger partial charge in [0.2, 0.25) is 0 Å². The number of piperidine rings is 1. The van der Waals surface area contributed by atoms with Gasteiger partial charge in [-0.25, -0.2) is 0 Å². The minimum atomic E-state index is -0.0689. The Kier molecular flexibility index (Phi) is 3.51. The number of H-pyrrole nitrogens is 1. The van der Waals surface area contributed by atoms with Gasteiger partial charge in [0.05, 0.1) is 0 Å². The fourth-order valence-electron chi connectivity index (χ4n) is 5.34. The number of benzene rings is 1. The van der Waals surface area contributed by atoms with Gasteiger partial charge in [0, 0.05) is 42.4 Å². The van der Waals surface area contributed by atoms with Crippen molar-refractivity contribution in [1.82, 2.24) is 15.4 Å². The van der Waals surface area contributed by atoms with Crippen LogP contribution in [-0.2, 0) is 4.84 Å². The summed E-state index contributed by atoms with van der Waals surface area (Å²) in [4.78, 5) is 12.2. The van der Waals surface area contributed by atoms with Crippen LogP contribution in [0.25, 0.3) is 10.9 Å². The van der Waals surface area contributed by atoms with E-state index >= 15 is 0 Å². The molecule has 1 atom stereocenters. The summed E-state index contributed by atoms with van der Waals surface area (Å²) in [5.41, 5.74) is 8.72. The maximum absolute atomic E-state index is 5.82. The Morgan fingerprint density at radius 3 is 2.63 bits per heavy atom. The Hall–Kier alpha value is -1.78. The van der Waals surface area contributed by atoms with Crippen LogP contribution in [0.5, 0.6) is 0 Å². The topological polar surface area (TPSA) is 40.3 Å². The van der Waals surface area contributed by atoms with Crippen molar-refractivity contribution in [1.29, 1.82) is 0 Å². The van der Waals surface area contributed by atoms with Gasteiger partial charge >= 0.3 is 0 Å². The molecule has 1 spiro atoms. The molecule has 4 heteroatoms. The Labute approximate surface area is 160 Å². The SMILES string of the molecule is Cc1cc(C2CC2)cc2c(C(C3CC3)N3CCC4(C=CNO4)CC3)c[nH]c12. The quantitative estimate of drug-likeness (QED) is 0.828. The molecule has 1 aromatic carbocycles. The zero-order valence-electron chi connectivity index (χ0n) is 16.1. The average molecular weight is 364 g/mol. The lowest BCUT2D eigenvalue weighted by molar-refractivity contribution is -0.0778. The van der Waals surface area contributed by atoms with Crippen LogP contribution < -0.4 is 5.48 Å². The van der Waals surface area contributed by atoms with Crippen molar-refractivity contribution in [2.45, 2.75) is 63.0 Å². The maximum atomic E-state index is 5.82. The van der Waals surface area contributed by atoms with Crippen LogP contribution in [0.1, 0.15) is 67.2 Å². The summed E-state index contributed by atoms with van der Waals surface area (Å²) in [5, 5.41) is 1.48. The first-order valence-electron chi connectivity index (χ1n) is 10.7. The van der Waals surface area contributed by atoms with Gasteiger partial charge in [0.1, 0.15) is 5.60 Å². The van der Waals surface area contributed by atoms with Crippen LogP contribution in [0.15, 0.2) is 30.6 Å². The van der Waals surface area contributed by atoms with E-state index in [-0.39, 0.29) is 5.60 Å². The molecular weight excluding hydrogens is 334 g/mol. The molecule has 4 aliphatic rings. The number of rotatable bonds is 4. The first kappa shape index (κ1) is 16.2. The van der Waals surface area contributed by atoms with Crippen LogP contribution in [0.4, 0.5) is 0 Å². The normalized spacial score (nSPS) is 26.0. The second-order valence-electron chi connectivity index (χ2n) is 9.21. The van der Waals surface area contributed by atoms with E-state index in [1.54, 1.807) is 5.56 Å². The fraction of sp³-hybridized carbons (Fsp3) is 0.565. The Balaban J connectivity index is 1.34. The average Bonchev–Trinajstić information content (AvgIpc) is 3.60. The predicted octanol–water partition coefficient (Wildman–Crippen LogP) is 4.69. The number of fused-ring (bicyclic) bond motifs is 1. The predicted molar refractivity (Wildman–Crippen MR) is 107 cm³/mol. The van der Waals surface area contributed by atoms with Crippen LogP contribution in [-0.4, -0.2) is 28.6 Å². The van der Waals surface area contributed by atoms with Crippen molar-refractivity contribution in [3.63, 3.8) is 0 Å². The summed E-state index contributed by atoms with van der Waals surface area (Å²) >= 11 is 0. The maximum Gasteiger partial charge on any atom is 0.118 e. The van der Waals surface area contributed by atoms with Crippen molar-refractivity contribution in [2.75, 3.05) is 13.1 Å². The lowest BCUT2D eigenvalue weighted by Crippen LogP contribution is -2.46. The van der Waals surface area contributed by atoms with E-state index in [0.29, 0.717) is 6.04 Å². The number of hydrogen-bond acceptors (Lipinski definition) is 3. The van der Waals surface area contributed by atoms with Crippen LogP contribution >= 0.6 is 0 Å². The summed E-state index contributed by atoms with van der Waals surface area (Å²) in [7, 11) is 0. The molecule has 27 heavy (non-hydrogen) atoms. The number of hydroxylamine groups is 1. The Bertz CT molecular complexity index is 898. The van der Waals surface area contributed by atoms with E-state index in [2.05, 4.69) is 46.7 Å². The zero-order chi connectivity index (χ0) is 18.0. The highest BCUT2D eigenvalue weighted by Crippen LogP contribution is 2.49. The van der Waals surface area contributed by atoms with Crippen molar-refractivity contribution in [3.8, 4) is 0 Å². The summed E-state index contributed by atoms with van der Waals surface area (Å²) in [6.07, 6.45) is 14.1. The van der Waals surface area contributed by atoms with Crippen molar-refractivity contribution in [2.24, 2.45) is 5.92 Å². The van der Waals surface area contributed by atoms with Gasteiger partial charge in [0.25, 0.3) is 0 Å². The van der Waals surface area contributed by atoms with E-state index in [1.165, 1.54) is 47.7 Å². The number of nitrogens with zero attached hydrogens (tertiary/aromatic N) is 1. The summed E-state index contributed by atoms with van der Waals surface area (Å²) in [6, 6.07) is 5.47. The summed E-state index contributed by atoms with van der Waals surface area (Å²) in [5.74, 6) is 1.63. The third kappa shape index (κ3) is 2.73. The molecule has 6 rings (SSSR count). The van der Waals surface area contributed by atoms with E-state index in [4.69, 9.17) is 4.84 Å². The minimum Gasteiger partial charge on any atom is -0.361 e. The number of nitrogens with one attached hydrogen (secondary N) is 2. The lowest BCUT2D eigenvalue weighted by atomic mass is 9.88. The molecule has 2 aromatic rings. The summed E-state index contributed by atoms with van der Waals surface area (Å²) < 4.78 is 0. The second-order valence-corrected chi connectivity index (χ2v) is 9.21. The molecule has 2 saturated carbocycles. The van der Waals surface area contributed by atoms with Gasteiger partial charge in [-0.05, 0) is 86.1 Å². The molecule has 2 aliphatic heterocycles. The molecule has 142 valence electrons. The lowest BCUT2D eigenvalue weighted by Gasteiger charge is -2.41. The fourth-order valence-corrected chi connectivity index (χ4v) is 5.34. The van der Waals surface area contributed by atoms with Crippen molar-refractivity contribution < 1.29 is 4.84 Å². The Morgan fingerprint density at radius 1 is 1.15 bits per heavy atom. The molecule has 3 heterocycles. The van der Waals surface area contributed by atoms with Gasteiger partial charge in [-0.1, -0.05) is 6.07 Å². The zero-order valence-corrected chi connectivity index (χ0v) is 16.1. The highest BCUT2D eigenvalue weighted by molar-refractivity contribution is 5.87. The van der Waals surface area contributed by atoms with Crippen LogP contribution in [0, 0.1) is 12.8 Å². The van der Waals surface area contributed by atoms with Crippen LogP contribution in [0.3, 0.4) is 0 Å². The van der Waals surface area contributed by atoms with Gasteiger partial charge in [-0.2, -0.15) is 0 Å². The third-order valence-corrected chi connectivity index (χ3v) is 7.23. The van der Waals surface area contributed by atoms with Gasteiger partial charge in [-0.15, -0.1) is 0 Å². The molecule has 1 aromatic heterocycles. The Morgan fingerprint density at radius 2 is 1.96 bits per heavy atom. The highest BCUT2D eigenvalue weighted by atomic mass is 16.7. The minimum absolute atomic E-state index is 0.0689. The summed E-state index contributed by atoms with van der Waals surface area (Å²) in [6.45, 7) is 4.49. The molecule has 0 bridgehead atoms. The van der Waals surface area contributed by atoms with Crippen LogP contribution in [0.2, 0.25) is 0 Å². The third-order valence-electron chi connectivity index (χ3n) is 7.23. The first-order chi connectivity index (χ1) is 13.2. The number of aromatic amines is 1. The molecule has 0 radical (unpaired) electrons. The molecule has 4 nitrogen and oxygen atoms in total. The van der Waals surface area contributed by atoms with Gasteiger partial charge in [0.15, 0.2) is 0 Å². The van der Waals surface area contributed by atoms with Gasteiger partial charge in [-0.3, -0.25) is 15.2 Å². The highest BCUT2D eigenvalue weighted by Gasteiger charge is 2.43. The number of aromatic nitrogens is 1. The first-order valence-corrected chi connectivity index (χ1v) is 10.7. The molecule has 3 fully saturated rings. The van der Waals surface area contributed by atoms with E-state index in [1.807, 2.05) is 6.20 Å².